The Balaban J connectivity index is 0.000000479. The highest BCUT2D eigenvalue weighted by molar-refractivity contribution is 7.89. The molecule has 0 saturated heterocycles. The van der Waals surface area contributed by atoms with Gasteiger partial charge in [0.25, 0.3) is 0 Å². The number of sulfonamides is 1. The van der Waals surface area contributed by atoms with Crippen LogP contribution in [0.3, 0.4) is 0 Å². The number of alkyl halides is 3. The molecule has 0 aliphatic rings. The van der Waals surface area contributed by atoms with Gasteiger partial charge in [-0.1, -0.05) is 30.3 Å². The second-order valence-electron chi connectivity index (χ2n) is 6.13. The summed E-state index contributed by atoms with van der Waals surface area (Å²) in [6, 6.07) is 8.43. The highest BCUT2D eigenvalue weighted by Crippen LogP contribution is 2.34. The molecule has 4 N–H and O–H groups in total. The number of benzene rings is 2. The van der Waals surface area contributed by atoms with Crippen LogP contribution in [0.15, 0.2) is 53.7 Å². The van der Waals surface area contributed by atoms with Gasteiger partial charge in [0, 0.05) is 34.6 Å². The number of carboxylic acid groups (broad SMARTS) is 1. The average Bonchev–Trinajstić information content (AvgIpc) is 2.76. The Bertz CT molecular complexity index is 1270. The molecule has 0 bridgehead atoms. The predicted molar refractivity (Wildman–Crippen MR) is 107 cm³/mol. The van der Waals surface area contributed by atoms with E-state index < -0.39 is 33.8 Å². The average molecular weight is 490 g/mol. The van der Waals surface area contributed by atoms with Gasteiger partial charge in [0.2, 0.25) is 16.0 Å². The third-order valence-corrected chi connectivity index (χ3v) is 5.52. The Labute approximate surface area is 184 Å². The molecule has 1 heterocycles. The molecule has 0 radical (unpaired) electrons. The van der Waals surface area contributed by atoms with E-state index in [1.165, 1.54) is 49.8 Å². The van der Waals surface area contributed by atoms with Gasteiger partial charge in [-0.15, -0.1) is 0 Å². The number of aliphatic carboxylic acids is 1. The van der Waals surface area contributed by atoms with E-state index in [0.717, 1.165) is 0 Å². The lowest BCUT2D eigenvalue weighted by Gasteiger charge is -2.12. The molecule has 0 amide bonds. The van der Waals surface area contributed by atoms with Crippen LogP contribution in [0.4, 0.5) is 27.9 Å². The largest absolute Gasteiger partial charge is 0.490 e. The first-order valence-corrected chi connectivity index (χ1v) is 10.2. The molecule has 0 fully saturated rings. The number of carboxylic acids is 1. The number of halogens is 5. The summed E-state index contributed by atoms with van der Waals surface area (Å²) in [7, 11) is -2.60. The van der Waals surface area contributed by atoms with E-state index in [0.29, 0.717) is 0 Å². The molecule has 33 heavy (non-hydrogen) atoms. The lowest BCUT2D eigenvalue weighted by Crippen LogP contribution is -2.21. The van der Waals surface area contributed by atoms with Crippen LogP contribution in [0.1, 0.15) is 0 Å². The molecule has 1 aromatic heterocycles. The fourth-order valence-corrected chi connectivity index (χ4v) is 3.44. The summed E-state index contributed by atoms with van der Waals surface area (Å²) in [5, 5.41) is 7.12. The Hall–Kier alpha value is -3.65. The number of carbonyl (C=O) groups is 1. The van der Waals surface area contributed by atoms with Crippen LogP contribution in [-0.2, 0) is 14.8 Å². The van der Waals surface area contributed by atoms with Crippen LogP contribution in [0.5, 0.6) is 0 Å². The van der Waals surface area contributed by atoms with E-state index in [4.69, 9.17) is 15.6 Å². The third-order valence-electron chi connectivity index (χ3n) is 4.04. The zero-order chi connectivity index (χ0) is 25.0. The van der Waals surface area contributed by atoms with E-state index >= 15 is 0 Å². The summed E-state index contributed by atoms with van der Waals surface area (Å²) >= 11 is 0. The van der Waals surface area contributed by atoms with E-state index in [-0.39, 0.29) is 33.1 Å². The van der Waals surface area contributed by atoms with Crippen molar-refractivity contribution in [2.24, 2.45) is 0 Å². The summed E-state index contributed by atoms with van der Waals surface area (Å²) in [6.07, 6.45) is -2.53. The molecule has 8 nitrogen and oxygen atoms in total. The molecular formula is C19H15F5N4O4S. The van der Waals surface area contributed by atoms with Crippen molar-refractivity contribution in [3.63, 3.8) is 0 Å². The Kier molecular flexibility index (Phi) is 7.66. The zero-order valence-electron chi connectivity index (χ0n) is 16.6. The van der Waals surface area contributed by atoms with Gasteiger partial charge in [0.15, 0.2) is 11.6 Å². The summed E-state index contributed by atoms with van der Waals surface area (Å²) in [4.78, 5) is 16.3. The number of anilines is 1. The van der Waals surface area contributed by atoms with Crippen LogP contribution in [0, 0.1) is 11.6 Å². The van der Waals surface area contributed by atoms with Crippen molar-refractivity contribution in [3.8, 4) is 22.3 Å². The van der Waals surface area contributed by atoms with Crippen LogP contribution in [0.2, 0.25) is 0 Å². The molecule has 0 unspecified atom stereocenters. The first kappa shape index (κ1) is 25.6. The van der Waals surface area contributed by atoms with Gasteiger partial charge < -0.3 is 10.8 Å². The number of nitrogens with two attached hydrogens (primary N) is 1. The Morgan fingerprint density at radius 3 is 1.97 bits per heavy atom. The fourth-order valence-electron chi connectivity index (χ4n) is 2.49. The van der Waals surface area contributed by atoms with Crippen molar-refractivity contribution < 1.29 is 40.3 Å². The van der Waals surface area contributed by atoms with Gasteiger partial charge in [0.05, 0.1) is 4.90 Å². The van der Waals surface area contributed by atoms with Gasteiger partial charge in [0.1, 0.15) is 0 Å². The number of nitrogens with one attached hydrogen (secondary N) is 1. The van der Waals surface area contributed by atoms with Crippen LogP contribution in [0.25, 0.3) is 22.3 Å². The second kappa shape index (κ2) is 9.87. The van der Waals surface area contributed by atoms with Crippen LogP contribution in [-0.4, -0.2) is 42.7 Å². The smallest absolute Gasteiger partial charge is 0.475 e. The van der Waals surface area contributed by atoms with Crippen molar-refractivity contribution in [1.82, 2.24) is 14.7 Å². The molecule has 0 atom stereocenters. The molecular weight excluding hydrogens is 475 g/mol. The van der Waals surface area contributed by atoms with Gasteiger partial charge >= 0.3 is 12.1 Å². The molecule has 0 aliphatic heterocycles. The van der Waals surface area contributed by atoms with Crippen LogP contribution >= 0.6 is 0 Å². The van der Waals surface area contributed by atoms with Gasteiger partial charge in [-0.2, -0.15) is 13.2 Å². The summed E-state index contributed by atoms with van der Waals surface area (Å²) in [6.45, 7) is 0. The number of aromatic nitrogens is 2. The minimum atomic E-state index is -5.08. The van der Waals surface area contributed by atoms with Gasteiger partial charge in [-0.05, 0) is 13.1 Å². The lowest BCUT2D eigenvalue weighted by molar-refractivity contribution is -0.192. The zero-order valence-corrected chi connectivity index (χ0v) is 17.4. The maximum Gasteiger partial charge on any atom is 0.490 e. The number of hydrogen-bond acceptors (Lipinski definition) is 6. The van der Waals surface area contributed by atoms with Crippen molar-refractivity contribution in [1.29, 1.82) is 0 Å². The molecule has 14 heteroatoms. The van der Waals surface area contributed by atoms with E-state index in [2.05, 4.69) is 14.7 Å². The summed E-state index contributed by atoms with van der Waals surface area (Å²) in [5.74, 6) is -5.05. The molecule has 0 spiro atoms. The highest BCUT2D eigenvalue weighted by atomic mass is 32.2. The molecule has 0 saturated carbocycles. The summed E-state index contributed by atoms with van der Waals surface area (Å²) in [5.41, 5.74) is 5.47. The topological polar surface area (TPSA) is 135 Å². The summed E-state index contributed by atoms with van der Waals surface area (Å²) < 4.78 is 87.6. The molecule has 0 aliphatic carbocycles. The minimum Gasteiger partial charge on any atom is -0.475 e. The van der Waals surface area contributed by atoms with E-state index in [9.17, 15) is 30.4 Å². The maximum absolute atomic E-state index is 14.7. The number of rotatable bonds is 4. The van der Waals surface area contributed by atoms with Crippen molar-refractivity contribution in [3.05, 3.63) is 60.4 Å². The van der Waals surface area contributed by atoms with Gasteiger partial charge in [-0.25, -0.2) is 36.7 Å². The quantitative estimate of drug-likeness (QED) is 0.478. The van der Waals surface area contributed by atoms with Crippen molar-refractivity contribution in [2.45, 2.75) is 11.1 Å². The second-order valence-corrected chi connectivity index (χ2v) is 7.98. The number of nitrogens with zero attached hydrogens (tertiary/aromatic N) is 2. The highest BCUT2D eigenvalue weighted by Gasteiger charge is 2.38. The lowest BCUT2D eigenvalue weighted by atomic mass is 10.00. The Morgan fingerprint density at radius 1 is 0.970 bits per heavy atom. The Morgan fingerprint density at radius 2 is 1.45 bits per heavy atom. The predicted octanol–water partition coefficient (Wildman–Crippen LogP) is 3.21. The normalized spacial score (nSPS) is 11.5. The van der Waals surface area contributed by atoms with E-state index in [1.54, 1.807) is 6.07 Å². The monoisotopic (exact) mass is 490 g/mol. The SMILES string of the molecule is CNS(=O)(=O)c1ccccc1-c1ccc(-c2cnc(N)nc2)c(F)c1F.O=C(O)C(F)(F)F. The molecule has 3 rings (SSSR count). The minimum absolute atomic E-state index is 0.0115. The third kappa shape index (κ3) is 5.98. The maximum atomic E-state index is 14.7. The number of hydrogen-bond donors (Lipinski definition) is 3. The molecule has 3 aromatic rings. The standard InChI is InChI=1S/C17H14F2N4O2S.C2HF3O2/c1-21-26(24,25)14-5-3-2-4-12(14)13-7-6-11(15(18)16(13)19)10-8-22-17(20)23-9-10;3-2(4,5)1(6)7/h2-9,21H,1H3,(H2,20,22,23);(H,6,7). The fraction of sp³-hybridized carbons (Fsp3) is 0.105. The van der Waals surface area contributed by atoms with Crippen molar-refractivity contribution >= 4 is 21.9 Å². The van der Waals surface area contributed by atoms with Crippen LogP contribution < -0.4 is 10.5 Å². The first-order valence-electron chi connectivity index (χ1n) is 8.68. The molecule has 176 valence electrons. The van der Waals surface area contributed by atoms with Crippen molar-refractivity contribution in [2.75, 3.05) is 12.8 Å². The first-order chi connectivity index (χ1) is 15.3. The molecule has 2 aromatic carbocycles. The van der Waals surface area contributed by atoms with Gasteiger partial charge in [-0.3, -0.25) is 0 Å². The number of nitrogen functional groups attached to an aromatic ring is 1. The van der Waals surface area contributed by atoms with E-state index in [1.807, 2.05) is 0 Å².